The molecular weight excluding hydrogens is 341 g/mol. The highest BCUT2D eigenvalue weighted by Crippen LogP contribution is 2.27. The summed E-state index contributed by atoms with van der Waals surface area (Å²) in [6.07, 6.45) is 0. The Morgan fingerprint density at radius 3 is 2.57 bits per heavy atom. The molecule has 0 radical (unpaired) electrons. The van der Waals surface area contributed by atoms with Crippen molar-refractivity contribution in [2.45, 2.75) is 19.8 Å². The van der Waals surface area contributed by atoms with E-state index in [1.54, 1.807) is 6.07 Å². The van der Waals surface area contributed by atoms with Crippen molar-refractivity contribution in [3.05, 3.63) is 51.9 Å². The predicted octanol–water partition coefficient (Wildman–Crippen LogP) is 4.60. The lowest BCUT2D eigenvalue weighted by molar-refractivity contribution is 0.0696. The number of hydrogen-bond donors (Lipinski definition) is 1. The number of ether oxygens (including phenoxy) is 1. The minimum atomic E-state index is -1.07. The molecule has 0 aliphatic heterocycles. The van der Waals surface area contributed by atoms with E-state index in [9.17, 15) is 9.18 Å². The molecule has 1 heterocycles. The first-order valence-electron chi connectivity index (χ1n) is 6.24. The summed E-state index contributed by atoms with van der Waals surface area (Å²) in [6.45, 7) is 3.80. The SMILES string of the molecule is CC(C)c1cc(C(=O)O)cc(Oc2cc(F)cc(Br)c2)n1. The summed E-state index contributed by atoms with van der Waals surface area (Å²) < 4.78 is 19.3. The number of nitrogens with zero attached hydrogens (tertiary/aromatic N) is 1. The van der Waals surface area contributed by atoms with Crippen molar-refractivity contribution >= 4 is 21.9 Å². The van der Waals surface area contributed by atoms with E-state index in [1.807, 2.05) is 13.8 Å². The Hall–Kier alpha value is -1.95. The third-order valence-electron chi connectivity index (χ3n) is 2.72. The van der Waals surface area contributed by atoms with Crippen LogP contribution in [0.1, 0.15) is 35.8 Å². The second-order valence-electron chi connectivity index (χ2n) is 4.79. The number of carboxylic acids is 1. The Bertz CT molecular complexity index is 668. The number of aromatic carboxylic acids is 1. The van der Waals surface area contributed by atoms with Gasteiger partial charge in [0.05, 0.1) is 5.56 Å². The van der Waals surface area contributed by atoms with Gasteiger partial charge in [-0.25, -0.2) is 14.2 Å². The summed E-state index contributed by atoms with van der Waals surface area (Å²) in [6, 6.07) is 6.89. The smallest absolute Gasteiger partial charge is 0.335 e. The van der Waals surface area contributed by atoms with Gasteiger partial charge in [0.1, 0.15) is 11.6 Å². The lowest BCUT2D eigenvalue weighted by Crippen LogP contribution is -2.03. The van der Waals surface area contributed by atoms with E-state index in [0.717, 1.165) is 0 Å². The predicted molar refractivity (Wildman–Crippen MR) is 79.5 cm³/mol. The van der Waals surface area contributed by atoms with Crippen molar-refractivity contribution in [2.24, 2.45) is 0 Å². The molecule has 0 fully saturated rings. The molecule has 0 saturated carbocycles. The average Bonchev–Trinajstić information content (AvgIpc) is 2.36. The number of rotatable bonds is 4. The molecule has 0 amide bonds. The molecular formula is C15H13BrFNO3. The maximum absolute atomic E-state index is 13.3. The van der Waals surface area contributed by atoms with Crippen molar-refractivity contribution in [1.29, 1.82) is 0 Å². The zero-order chi connectivity index (χ0) is 15.6. The molecule has 0 saturated heterocycles. The van der Waals surface area contributed by atoms with Crippen LogP contribution in [0.2, 0.25) is 0 Å². The quantitative estimate of drug-likeness (QED) is 0.872. The Morgan fingerprint density at radius 1 is 1.29 bits per heavy atom. The highest BCUT2D eigenvalue weighted by Gasteiger charge is 2.12. The highest BCUT2D eigenvalue weighted by atomic mass is 79.9. The van der Waals surface area contributed by atoms with Crippen LogP contribution in [-0.4, -0.2) is 16.1 Å². The fourth-order valence-electron chi connectivity index (χ4n) is 1.71. The molecule has 0 bridgehead atoms. The fourth-order valence-corrected chi connectivity index (χ4v) is 2.15. The Morgan fingerprint density at radius 2 is 2.00 bits per heavy atom. The summed E-state index contributed by atoms with van der Waals surface area (Å²) in [4.78, 5) is 15.4. The molecule has 1 aromatic heterocycles. The molecule has 21 heavy (non-hydrogen) atoms. The Labute approximate surface area is 129 Å². The minimum Gasteiger partial charge on any atom is -0.478 e. The lowest BCUT2D eigenvalue weighted by Gasteiger charge is -2.10. The summed E-state index contributed by atoms with van der Waals surface area (Å²) in [5, 5.41) is 9.12. The second-order valence-corrected chi connectivity index (χ2v) is 5.70. The lowest BCUT2D eigenvalue weighted by atomic mass is 10.1. The monoisotopic (exact) mass is 353 g/mol. The fraction of sp³-hybridized carbons (Fsp3) is 0.200. The van der Waals surface area contributed by atoms with Gasteiger partial charge in [-0.15, -0.1) is 0 Å². The van der Waals surface area contributed by atoms with Gasteiger partial charge >= 0.3 is 5.97 Å². The number of halogens is 2. The molecule has 2 rings (SSSR count). The van der Waals surface area contributed by atoms with Gasteiger partial charge in [-0.05, 0) is 24.1 Å². The van der Waals surface area contributed by atoms with E-state index in [0.29, 0.717) is 10.2 Å². The number of hydrogen-bond acceptors (Lipinski definition) is 3. The highest BCUT2D eigenvalue weighted by molar-refractivity contribution is 9.10. The van der Waals surface area contributed by atoms with Gasteiger partial charge in [0.15, 0.2) is 0 Å². The number of carboxylic acid groups (broad SMARTS) is 1. The van der Waals surface area contributed by atoms with Crippen LogP contribution in [0.25, 0.3) is 0 Å². The molecule has 6 heteroatoms. The van der Waals surface area contributed by atoms with Crippen LogP contribution in [0, 0.1) is 5.82 Å². The maximum Gasteiger partial charge on any atom is 0.335 e. The van der Waals surface area contributed by atoms with Crippen LogP contribution < -0.4 is 4.74 Å². The Balaban J connectivity index is 2.40. The molecule has 1 aromatic carbocycles. The van der Waals surface area contributed by atoms with Crippen LogP contribution in [0.3, 0.4) is 0 Å². The Kier molecular flexibility index (Phi) is 4.57. The zero-order valence-corrected chi connectivity index (χ0v) is 13.0. The third kappa shape index (κ3) is 4.01. The van der Waals surface area contributed by atoms with Gasteiger partial charge < -0.3 is 9.84 Å². The molecule has 0 spiro atoms. The first-order valence-corrected chi connectivity index (χ1v) is 7.03. The third-order valence-corrected chi connectivity index (χ3v) is 3.18. The number of benzene rings is 1. The van der Waals surface area contributed by atoms with E-state index >= 15 is 0 Å². The molecule has 0 aliphatic rings. The minimum absolute atomic E-state index is 0.0471. The van der Waals surface area contributed by atoms with Crippen molar-refractivity contribution in [3.63, 3.8) is 0 Å². The van der Waals surface area contributed by atoms with E-state index < -0.39 is 11.8 Å². The van der Waals surface area contributed by atoms with Gasteiger partial charge in [0, 0.05) is 22.3 Å². The summed E-state index contributed by atoms with van der Waals surface area (Å²) in [7, 11) is 0. The largest absolute Gasteiger partial charge is 0.478 e. The first-order chi connectivity index (χ1) is 9.85. The zero-order valence-electron chi connectivity index (χ0n) is 11.4. The van der Waals surface area contributed by atoms with Crippen LogP contribution in [0.5, 0.6) is 11.6 Å². The molecule has 0 atom stereocenters. The molecule has 4 nitrogen and oxygen atoms in total. The van der Waals surface area contributed by atoms with E-state index in [2.05, 4.69) is 20.9 Å². The van der Waals surface area contributed by atoms with E-state index in [1.165, 1.54) is 24.3 Å². The molecule has 2 aromatic rings. The van der Waals surface area contributed by atoms with Crippen molar-refractivity contribution < 1.29 is 19.0 Å². The average molecular weight is 354 g/mol. The van der Waals surface area contributed by atoms with E-state index in [4.69, 9.17) is 9.84 Å². The van der Waals surface area contributed by atoms with Crippen LogP contribution in [0.15, 0.2) is 34.8 Å². The van der Waals surface area contributed by atoms with Crippen LogP contribution in [-0.2, 0) is 0 Å². The first kappa shape index (κ1) is 15.4. The van der Waals surface area contributed by atoms with Gasteiger partial charge in [-0.3, -0.25) is 0 Å². The van der Waals surface area contributed by atoms with Gasteiger partial charge in [0.25, 0.3) is 0 Å². The summed E-state index contributed by atoms with van der Waals surface area (Å²) in [5.74, 6) is -1.11. The van der Waals surface area contributed by atoms with Crippen molar-refractivity contribution in [1.82, 2.24) is 4.98 Å². The van der Waals surface area contributed by atoms with Gasteiger partial charge in [0.2, 0.25) is 5.88 Å². The number of carbonyl (C=O) groups is 1. The normalized spacial score (nSPS) is 10.7. The van der Waals surface area contributed by atoms with Gasteiger partial charge in [-0.2, -0.15) is 0 Å². The summed E-state index contributed by atoms with van der Waals surface area (Å²) >= 11 is 3.17. The van der Waals surface area contributed by atoms with Gasteiger partial charge in [-0.1, -0.05) is 29.8 Å². The topological polar surface area (TPSA) is 59.4 Å². The number of pyridine rings is 1. The second kappa shape index (κ2) is 6.22. The standard InChI is InChI=1S/C15H13BrFNO3/c1-8(2)13-3-9(15(19)20)4-14(18-13)21-12-6-10(16)5-11(17)7-12/h3-8H,1-2H3,(H,19,20). The van der Waals surface area contributed by atoms with Crippen LogP contribution >= 0.6 is 15.9 Å². The van der Waals surface area contributed by atoms with Crippen molar-refractivity contribution in [3.8, 4) is 11.6 Å². The molecule has 0 aliphatic carbocycles. The van der Waals surface area contributed by atoms with Crippen molar-refractivity contribution in [2.75, 3.05) is 0 Å². The molecule has 1 N–H and O–H groups in total. The molecule has 110 valence electrons. The summed E-state index contributed by atoms with van der Waals surface area (Å²) in [5.41, 5.74) is 0.680. The van der Waals surface area contributed by atoms with E-state index in [-0.39, 0.29) is 23.1 Å². The van der Waals surface area contributed by atoms with Crippen LogP contribution in [0.4, 0.5) is 4.39 Å². The molecule has 0 unspecified atom stereocenters. The number of aromatic nitrogens is 1. The maximum atomic E-state index is 13.3.